The average molecular weight is 255 g/mol. The molecule has 0 aliphatic carbocycles. The molecule has 0 rings (SSSR count). The highest BCUT2D eigenvalue weighted by molar-refractivity contribution is 5.87. The number of hydrogen-bond donors (Lipinski definition) is 0. The Morgan fingerprint density at radius 2 is 1.39 bits per heavy atom. The molecule has 2 nitrogen and oxygen atoms in total. The Hall–Kier alpha value is -0.370. The summed E-state index contributed by atoms with van der Waals surface area (Å²) >= 11 is 0. The number of Topliss-reactive ketones (excluding diaryl/α,β-unsaturated/α-hetero) is 1. The zero-order chi connectivity index (χ0) is 14.0. The summed E-state index contributed by atoms with van der Waals surface area (Å²) in [4.78, 5) is 14.5. The van der Waals surface area contributed by atoms with Crippen LogP contribution in [0.15, 0.2) is 0 Å². The first-order valence-corrected chi connectivity index (χ1v) is 7.79. The smallest absolute Gasteiger partial charge is 0.152 e. The molecule has 0 aromatic heterocycles. The SMILES string of the molecule is CCCCCCCCC(=O)C(C)(C)N(CC)CC. The van der Waals surface area contributed by atoms with Crippen molar-refractivity contribution in [3.63, 3.8) is 0 Å². The first kappa shape index (κ1) is 17.6. The van der Waals surface area contributed by atoms with E-state index in [0.717, 1.165) is 25.9 Å². The first-order valence-electron chi connectivity index (χ1n) is 7.79. The molecule has 0 unspecified atom stereocenters. The highest BCUT2D eigenvalue weighted by atomic mass is 16.1. The Kier molecular flexibility index (Phi) is 9.35. The van der Waals surface area contributed by atoms with Crippen LogP contribution >= 0.6 is 0 Å². The predicted octanol–water partition coefficient (Wildman–Crippen LogP) is 4.43. The zero-order valence-corrected chi connectivity index (χ0v) is 13.2. The average Bonchev–Trinajstić information content (AvgIpc) is 2.34. The van der Waals surface area contributed by atoms with Crippen LogP contribution in [0.4, 0.5) is 0 Å². The number of carbonyl (C=O) groups is 1. The molecule has 0 heterocycles. The van der Waals surface area contributed by atoms with E-state index in [9.17, 15) is 4.79 Å². The summed E-state index contributed by atoms with van der Waals surface area (Å²) in [5, 5.41) is 0. The molecule has 0 bridgehead atoms. The molecule has 0 aliphatic rings. The van der Waals surface area contributed by atoms with Crippen LogP contribution in [0.2, 0.25) is 0 Å². The van der Waals surface area contributed by atoms with E-state index in [4.69, 9.17) is 0 Å². The zero-order valence-electron chi connectivity index (χ0n) is 13.2. The summed E-state index contributed by atoms with van der Waals surface area (Å²) in [6.07, 6.45) is 8.24. The van der Waals surface area contributed by atoms with Crippen LogP contribution in [0.25, 0.3) is 0 Å². The number of nitrogens with zero attached hydrogens (tertiary/aromatic N) is 1. The molecule has 0 fully saturated rings. The molecule has 108 valence electrons. The maximum absolute atomic E-state index is 12.3. The van der Waals surface area contributed by atoms with Gasteiger partial charge in [-0.25, -0.2) is 0 Å². The summed E-state index contributed by atoms with van der Waals surface area (Å²) < 4.78 is 0. The largest absolute Gasteiger partial charge is 0.298 e. The van der Waals surface area contributed by atoms with Crippen LogP contribution in [0.3, 0.4) is 0 Å². The van der Waals surface area contributed by atoms with Gasteiger partial charge in [0, 0.05) is 6.42 Å². The Morgan fingerprint density at radius 1 is 0.889 bits per heavy atom. The van der Waals surface area contributed by atoms with Gasteiger partial charge in [-0.2, -0.15) is 0 Å². The van der Waals surface area contributed by atoms with Crippen molar-refractivity contribution in [3.8, 4) is 0 Å². The van der Waals surface area contributed by atoms with Crippen molar-refractivity contribution in [2.75, 3.05) is 13.1 Å². The quantitative estimate of drug-likeness (QED) is 0.509. The summed E-state index contributed by atoms with van der Waals surface area (Å²) in [6.45, 7) is 12.5. The molecule has 0 saturated heterocycles. The van der Waals surface area contributed by atoms with Gasteiger partial charge < -0.3 is 0 Å². The van der Waals surface area contributed by atoms with Crippen LogP contribution in [-0.4, -0.2) is 29.3 Å². The van der Waals surface area contributed by atoms with E-state index in [1.165, 1.54) is 32.1 Å². The van der Waals surface area contributed by atoms with Gasteiger partial charge in [-0.1, -0.05) is 52.9 Å². The first-order chi connectivity index (χ1) is 8.50. The highest BCUT2D eigenvalue weighted by Gasteiger charge is 2.31. The Balaban J connectivity index is 3.93. The van der Waals surface area contributed by atoms with E-state index in [2.05, 4.69) is 39.5 Å². The molecule has 0 amide bonds. The second-order valence-corrected chi connectivity index (χ2v) is 5.67. The number of rotatable bonds is 11. The Morgan fingerprint density at radius 3 is 1.89 bits per heavy atom. The van der Waals surface area contributed by atoms with Crippen LogP contribution in [0.1, 0.15) is 79.6 Å². The number of hydrogen-bond acceptors (Lipinski definition) is 2. The van der Waals surface area contributed by atoms with Crippen LogP contribution < -0.4 is 0 Å². The second kappa shape index (κ2) is 9.55. The Labute approximate surface area is 114 Å². The third-order valence-corrected chi connectivity index (χ3v) is 3.99. The minimum Gasteiger partial charge on any atom is -0.298 e. The molecular weight excluding hydrogens is 222 g/mol. The molecular formula is C16H33NO. The lowest BCUT2D eigenvalue weighted by Gasteiger charge is -2.35. The van der Waals surface area contributed by atoms with E-state index in [-0.39, 0.29) is 5.54 Å². The maximum Gasteiger partial charge on any atom is 0.152 e. The monoisotopic (exact) mass is 255 g/mol. The molecule has 0 aromatic rings. The van der Waals surface area contributed by atoms with E-state index in [1.807, 2.05) is 0 Å². The van der Waals surface area contributed by atoms with Crippen LogP contribution in [0.5, 0.6) is 0 Å². The van der Waals surface area contributed by atoms with Crippen molar-refractivity contribution in [1.29, 1.82) is 0 Å². The van der Waals surface area contributed by atoms with Crippen LogP contribution in [-0.2, 0) is 4.79 Å². The fourth-order valence-electron chi connectivity index (χ4n) is 2.56. The number of likely N-dealkylation sites (N-methyl/N-ethyl adjacent to an activating group) is 1. The summed E-state index contributed by atoms with van der Waals surface area (Å²) in [5.74, 6) is 0.404. The van der Waals surface area contributed by atoms with Gasteiger partial charge in [0.15, 0.2) is 5.78 Å². The molecule has 0 spiro atoms. The van der Waals surface area contributed by atoms with Gasteiger partial charge >= 0.3 is 0 Å². The normalized spacial score (nSPS) is 12.1. The van der Waals surface area contributed by atoms with E-state index >= 15 is 0 Å². The second-order valence-electron chi connectivity index (χ2n) is 5.67. The fraction of sp³-hybridized carbons (Fsp3) is 0.938. The molecule has 18 heavy (non-hydrogen) atoms. The summed E-state index contributed by atoms with van der Waals surface area (Å²) in [7, 11) is 0. The lowest BCUT2D eigenvalue weighted by molar-refractivity contribution is -0.129. The minimum atomic E-state index is -0.285. The van der Waals surface area contributed by atoms with Gasteiger partial charge in [-0.15, -0.1) is 0 Å². The van der Waals surface area contributed by atoms with Crippen LogP contribution in [0, 0.1) is 0 Å². The number of carbonyl (C=O) groups excluding carboxylic acids is 1. The van der Waals surface area contributed by atoms with Gasteiger partial charge in [0.25, 0.3) is 0 Å². The van der Waals surface area contributed by atoms with Crippen molar-refractivity contribution in [2.45, 2.75) is 85.1 Å². The van der Waals surface area contributed by atoms with E-state index in [0.29, 0.717) is 5.78 Å². The third kappa shape index (κ3) is 5.99. The topological polar surface area (TPSA) is 20.3 Å². The van der Waals surface area contributed by atoms with E-state index in [1.54, 1.807) is 0 Å². The lowest BCUT2D eigenvalue weighted by Crippen LogP contribution is -2.49. The van der Waals surface area contributed by atoms with Crippen molar-refractivity contribution < 1.29 is 4.79 Å². The molecule has 0 aromatic carbocycles. The molecule has 0 radical (unpaired) electrons. The minimum absolute atomic E-state index is 0.285. The van der Waals surface area contributed by atoms with Crippen molar-refractivity contribution in [3.05, 3.63) is 0 Å². The van der Waals surface area contributed by atoms with Crippen molar-refractivity contribution in [2.24, 2.45) is 0 Å². The van der Waals surface area contributed by atoms with Gasteiger partial charge in [0.1, 0.15) is 0 Å². The van der Waals surface area contributed by atoms with E-state index < -0.39 is 0 Å². The van der Waals surface area contributed by atoms with Gasteiger partial charge in [-0.05, 0) is 33.4 Å². The lowest BCUT2D eigenvalue weighted by atomic mass is 9.92. The standard InChI is InChI=1S/C16H33NO/c1-6-9-10-11-12-13-14-15(18)16(4,5)17(7-2)8-3/h6-14H2,1-5H3. The highest BCUT2D eigenvalue weighted by Crippen LogP contribution is 2.19. The van der Waals surface area contributed by atoms with Crippen molar-refractivity contribution >= 4 is 5.78 Å². The maximum atomic E-state index is 12.3. The number of ketones is 1. The van der Waals surface area contributed by atoms with Gasteiger partial charge in [0.05, 0.1) is 5.54 Å². The summed E-state index contributed by atoms with van der Waals surface area (Å²) in [5.41, 5.74) is -0.285. The predicted molar refractivity (Wildman–Crippen MR) is 80.0 cm³/mol. The summed E-state index contributed by atoms with van der Waals surface area (Å²) in [6, 6.07) is 0. The molecule has 2 heteroatoms. The fourth-order valence-corrected chi connectivity index (χ4v) is 2.56. The molecule has 0 atom stereocenters. The van der Waals surface area contributed by atoms with Crippen molar-refractivity contribution in [1.82, 2.24) is 4.90 Å². The third-order valence-electron chi connectivity index (χ3n) is 3.99. The van der Waals surface area contributed by atoms with Gasteiger partial charge in [0.2, 0.25) is 0 Å². The Bertz CT molecular complexity index is 219. The number of unbranched alkanes of at least 4 members (excludes halogenated alkanes) is 5. The molecule has 0 saturated carbocycles. The molecule has 0 N–H and O–H groups in total. The molecule has 0 aliphatic heterocycles. The van der Waals surface area contributed by atoms with Gasteiger partial charge in [-0.3, -0.25) is 9.69 Å².